The summed E-state index contributed by atoms with van der Waals surface area (Å²) in [6.07, 6.45) is 8.88. The van der Waals surface area contributed by atoms with Gasteiger partial charge in [-0.3, -0.25) is 0 Å². The minimum atomic E-state index is -0.333. The summed E-state index contributed by atoms with van der Waals surface area (Å²) < 4.78 is 6.08. The fourth-order valence-corrected chi connectivity index (χ4v) is 3.04. The largest absolute Gasteiger partial charge is 0.390 e. The fraction of sp³-hybridized carbons (Fsp3) is 1.00. The minimum absolute atomic E-state index is 0.280. The van der Waals surface area contributed by atoms with Gasteiger partial charge < -0.3 is 9.84 Å². The van der Waals surface area contributed by atoms with E-state index in [1.165, 1.54) is 32.1 Å². The van der Waals surface area contributed by atoms with Gasteiger partial charge in [0.25, 0.3) is 0 Å². The summed E-state index contributed by atoms with van der Waals surface area (Å²) in [5.74, 6) is 0.755. The van der Waals surface area contributed by atoms with E-state index in [0.29, 0.717) is 6.10 Å². The van der Waals surface area contributed by atoms with Crippen LogP contribution in [0.1, 0.15) is 58.8 Å². The molecule has 0 bridgehead atoms. The van der Waals surface area contributed by atoms with Crippen molar-refractivity contribution in [3.05, 3.63) is 0 Å². The Labute approximate surface area is 93.0 Å². The molecule has 0 aromatic carbocycles. The summed E-state index contributed by atoms with van der Waals surface area (Å²) in [5.41, 5.74) is -0.333. The van der Waals surface area contributed by atoms with Crippen LogP contribution in [0.4, 0.5) is 0 Å². The van der Waals surface area contributed by atoms with Crippen molar-refractivity contribution < 1.29 is 9.84 Å². The molecule has 0 radical (unpaired) electrons. The fourth-order valence-electron chi connectivity index (χ4n) is 3.04. The van der Waals surface area contributed by atoms with Crippen LogP contribution in [-0.4, -0.2) is 22.9 Å². The maximum absolute atomic E-state index is 9.83. The van der Waals surface area contributed by atoms with Crippen molar-refractivity contribution >= 4 is 0 Å². The molecule has 0 amide bonds. The monoisotopic (exact) mass is 212 g/mol. The number of aliphatic hydroxyl groups excluding tert-OH is 1. The molecular weight excluding hydrogens is 188 g/mol. The Bertz CT molecular complexity index is 207. The second-order valence-corrected chi connectivity index (χ2v) is 5.75. The van der Waals surface area contributed by atoms with E-state index < -0.39 is 0 Å². The molecule has 2 fully saturated rings. The van der Waals surface area contributed by atoms with E-state index in [4.69, 9.17) is 4.74 Å². The first-order valence-electron chi connectivity index (χ1n) is 6.45. The molecule has 0 spiro atoms. The lowest BCUT2D eigenvalue weighted by Gasteiger charge is -2.43. The third-order valence-electron chi connectivity index (χ3n) is 4.16. The van der Waals surface area contributed by atoms with Gasteiger partial charge in [-0.05, 0) is 45.4 Å². The molecule has 0 aromatic rings. The van der Waals surface area contributed by atoms with Gasteiger partial charge in [0.05, 0.1) is 17.8 Å². The van der Waals surface area contributed by atoms with Gasteiger partial charge in [0, 0.05) is 0 Å². The third-order valence-corrected chi connectivity index (χ3v) is 4.16. The van der Waals surface area contributed by atoms with Crippen LogP contribution < -0.4 is 0 Å². The molecule has 15 heavy (non-hydrogen) atoms. The molecule has 1 aliphatic heterocycles. The average Bonchev–Trinajstić information content (AvgIpc) is 2.23. The molecule has 0 unspecified atom stereocenters. The number of hydrogen-bond donors (Lipinski definition) is 1. The highest BCUT2D eigenvalue weighted by Crippen LogP contribution is 2.37. The topological polar surface area (TPSA) is 29.5 Å². The number of aliphatic hydroxyl groups is 1. The Morgan fingerprint density at radius 3 is 2.27 bits per heavy atom. The van der Waals surface area contributed by atoms with E-state index >= 15 is 0 Å². The highest BCUT2D eigenvalue weighted by molar-refractivity contribution is 4.89. The van der Waals surface area contributed by atoms with Gasteiger partial charge in [-0.15, -0.1) is 0 Å². The van der Waals surface area contributed by atoms with Crippen LogP contribution in [0.5, 0.6) is 0 Å². The molecule has 2 aliphatic rings. The summed E-state index contributed by atoms with van der Waals surface area (Å²) in [7, 11) is 0. The third kappa shape index (κ3) is 2.54. The highest BCUT2D eigenvalue weighted by Gasteiger charge is 2.39. The molecule has 2 nitrogen and oxygen atoms in total. The van der Waals surface area contributed by atoms with Gasteiger partial charge in [0.2, 0.25) is 0 Å². The molecule has 1 N–H and O–H groups in total. The van der Waals surface area contributed by atoms with Gasteiger partial charge in [-0.1, -0.05) is 19.3 Å². The Balaban J connectivity index is 1.93. The Kier molecular flexibility index (Phi) is 3.36. The van der Waals surface area contributed by atoms with Crippen LogP contribution in [0, 0.1) is 5.92 Å². The van der Waals surface area contributed by atoms with E-state index in [9.17, 15) is 5.11 Å². The van der Waals surface area contributed by atoms with E-state index in [0.717, 1.165) is 18.8 Å². The van der Waals surface area contributed by atoms with Crippen molar-refractivity contribution in [2.45, 2.75) is 76.6 Å². The molecule has 2 rings (SSSR count). The molecule has 2 heteroatoms. The first-order chi connectivity index (χ1) is 7.09. The standard InChI is InChI=1S/C13H24O2/c1-13(2)12(14)9-8-11(15-13)10-6-4-3-5-7-10/h10-12,14H,3-9H2,1-2H3/t11-,12+/m0/s1. The lowest BCUT2D eigenvalue weighted by atomic mass is 9.80. The molecule has 0 aromatic heterocycles. The van der Waals surface area contributed by atoms with Crippen molar-refractivity contribution in [3.8, 4) is 0 Å². The summed E-state index contributed by atoms with van der Waals surface area (Å²) in [5, 5.41) is 9.83. The Morgan fingerprint density at radius 1 is 1.00 bits per heavy atom. The lowest BCUT2D eigenvalue weighted by molar-refractivity contribution is -0.187. The zero-order valence-electron chi connectivity index (χ0n) is 10.0. The molecule has 1 saturated heterocycles. The summed E-state index contributed by atoms with van der Waals surface area (Å²) in [4.78, 5) is 0. The smallest absolute Gasteiger partial charge is 0.0888 e. The van der Waals surface area contributed by atoms with Crippen LogP contribution >= 0.6 is 0 Å². The number of hydrogen-bond acceptors (Lipinski definition) is 2. The molecule has 2 atom stereocenters. The van der Waals surface area contributed by atoms with Crippen LogP contribution in [0.2, 0.25) is 0 Å². The molecule has 1 heterocycles. The van der Waals surface area contributed by atoms with Crippen molar-refractivity contribution in [3.63, 3.8) is 0 Å². The summed E-state index contributed by atoms with van der Waals surface area (Å²) in [6.45, 7) is 4.04. The van der Waals surface area contributed by atoms with E-state index in [2.05, 4.69) is 0 Å². The molecule has 1 saturated carbocycles. The van der Waals surface area contributed by atoms with Crippen LogP contribution in [0.25, 0.3) is 0 Å². The van der Waals surface area contributed by atoms with Crippen LogP contribution in [-0.2, 0) is 4.74 Å². The van der Waals surface area contributed by atoms with Gasteiger partial charge >= 0.3 is 0 Å². The molecular formula is C13H24O2. The minimum Gasteiger partial charge on any atom is -0.390 e. The van der Waals surface area contributed by atoms with Crippen molar-refractivity contribution in [2.24, 2.45) is 5.92 Å². The zero-order valence-corrected chi connectivity index (χ0v) is 10.0. The SMILES string of the molecule is CC1(C)O[C@H](C2CCCCC2)CC[C@H]1O. The van der Waals surface area contributed by atoms with Gasteiger partial charge in [0.1, 0.15) is 0 Å². The first-order valence-corrected chi connectivity index (χ1v) is 6.45. The zero-order chi connectivity index (χ0) is 10.9. The highest BCUT2D eigenvalue weighted by atomic mass is 16.5. The number of ether oxygens (including phenoxy) is 1. The quantitative estimate of drug-likeness (QED) is 0.724. The summed E-state index contributed by atoms with van der Waals surface area (Å²) in [6, 6.07) is 0. The Hall–Kier alpha value is -0.0800. The number of rotatable bonds is 1. The van der Waals surface area contributed by atoms with Crippen molar-refractivity contribution in [1.82, 2.24) is 0 Å². The summed E-state index contributed by atoms with van der Waals surface area (Å²) >= 11 is 0. The van der Waals surface area contributed by atoms with E-state index in [-0.39, 0.29) is 11.7 Å². The molecule has 88 valence electrons. The van der Waals surface area contributed by atoms with Gasteiger partial charge in [0.15, 0.2) is 0 Å². The lowest BCUT2D eigenvalue weighted by Crippen LogP contribution is -2.48. The predicted octanol–water partition coefficient (Wildman–Crippen LogP) is 2.89. The van der Waals surface area contributed by atoms with Crippen LogP contribution in [0.3, 0.4) is 0 Å². The van der Waals surface area contributed by atoms with Crippen molar-refractivity contribution in [2.75, 3.05) is 0 Å². The Morgan fingerprint density at radius 2 is 1.67 bits per heavy atom. The first kappa shape index (κ1) is 11.4. The maximum Gasteiger partial charge on any atom is 0.0888 e. The van der Waals surface area contributed by atoms with Gasteiger partial charge in [-0.2, -0.15) is 0 Å². The van der Waals surface area contributed by atoms with Crippen LogP contribution in [0.15, 0.2) is 0 Å². The van der Waals surface area contributed by atoms with Crippen molar-refractivity contribution in [1.29, 1.82) is 0 Å². The second-order valence-electron chi connectivity index (χ2n) is 5.75. The van der Waals surface area contributed by atoms with E-state index in [1.54, 1.807) is 0 Å². The predicted molar refractivity (Wildman–Crippen MR) is 60.8 cm³/mol. The second kappa shape index (κ2) is 4.42. The average molecular weight is 212 g/mol. The maximum atomic E-state index is 9.83. The normalized spacial score (nSPS) is 37.8. The van der Waals surface area contributed by atoms with Gasteiger partial charge in [-0.25, -0.2) is 0 Å². The molecule has 1 aliphatic carbocycles. The van der Waals surface area contributed by atoms with E-state index in [1.807, 2.05) is 13.8 Å².